The molecular formula is C12H17O3S-. The molecule has 0 saturated carbocycles. The van der Waals surface area contributed by atoms with Crippen LogP contribution in [0.25, 0.3) is 0 Å². The fourth-order valence-electron chi connectivity index (χ4n) is 1.46. The number of rotatable bonds is 3. The van der Waals surface area contributed by atoms with Crippen molar-refractivity contribution in [3.05, 3.63) is 29.3 Å². The van der Waals surface area contributed by atoms with E-state index >= 15 is 0 Å². The molecule has 3 nitrogen and oxygen atoms in total. The first-order chi connectivity index (χ1) is 7.21. The average molecular weight is 241 g/mol. The fourth-order valence-corrected chi connectivity index (χ4v) is 2.02. The summed E-state index contributed by atoms with van der Waals surface area (Å²) in [6, 6.07) is 4.90. The first-order valence-corrected chi connectivity index (χ1v) is 6.73. The van der Waals surface area contributed by atoms with E-state index in [0.717, 1.165) is 11.1 Å². The summed E-state index contributed by atoms with van der Waals surface area (Å²) in [5.74, 6) is 0.415. The van der Waals surface area contributed by atoms with Crippen LogP contribution in [0.4, 0.5) is 0 Å². The van der Waals surface area contributed by atoms with Crippen LogP contribution in [0.3, 0.4) is 0 Å². The lowest BCUT2D eigenvalue weighted by Crippen LogP contribution is -2.03. The van der Waals surface area contributed by atoms with Crippen molar-refractivity contribution >= 4 is 10.1 Å². The molecule has 0 aliphatic rings. The molecule has 0 aliphatic heterocycles. The van der Waals surface area contributed by atoms with Crippen molar-refractivity contribution in [1.29, 1.82) is 0 Å². The average Bonchev–Trinajstić information content (AvgIpc) is 2.15. The van der Waals surface area contributed by atoms with Gasteiger partial charge in [0.1, 0.15) is 10.1 Å². The van der Waals surface area contributed by atoms with Gasteiger partial charge < -0.3 is 4.55 Å². The maximum Gasteiger partial charge on any atom is 0.124 e. The highest BCUT2D eigenvalue weighted by molar-refractivity contribution is 7.85. The van der Waals surface area contributed by atoms with E-state index in [9.17, 15) is 13.0 Å². The third kappa shape index (κ3) is 3.06. The van der Waals surface area contributed by atoms with E-state index in [4.69, 9.17) is 0 Å². The first-order valence-electron chi connectivity index (χ1n) is 5.32. The summed E-state index contributed by atoms with van der Waals surface area (Å²) in [7, 11) is -4.36. The van der Waals surface area contributed by atoms with Crippen LogP contribution in [0.1, 0.15) is 50.7 Å². The normalized spacial score (nSPS) is 12.4. The second-order valence-corrected chi connectivity index (χ2v) is 5.98. The maximum absolute atomic E-state index is 11.0. The molecule has 0 aliphatic carbocycles. The van der Waals surface area contributed by atoms with Gasteiger partial charge in [-0.2, -0.15) is 0 Å². The zero-order valence-electron chi connectivity index (χ0n) is 10.0. The molecule has 0 atom stereocenters. The van der Waals surface area contributed by atoms with E-state index in [1.54, 1.807) is 0 Å². The fraction of sp³-hybridized carbons (Fsp3) is 0.500. The summed E-state index contributed by atoms with van der Waals surface area (Å²) in [6.07, 6.45) is 0. The molecular weight excluding hydrogens is 224 g/mol. The Hall–Kier alpha value is -0.870. The van der Waals surface area contributed by atoms with Crippen molar-refractivity contribution in [2.24, 2.45) is 0 Å². The Balaban J connectivity index is 3.42. The summed E-state index contributed by atoms with van der Waals surface area (Å²) in [6.45, 7) is 7.89. The Morgan fingerprint density at radius 2 is 1.31 bits per heavy atom. The number of benzene rings is 1. The van der Waals surface area contributed by atoms with Crippen LogP contribution in [0.2, 0.25) is 0 Å². The summed E-state index contributed by atoms with van der Waals surface area (Å²) in [5.41, 5.74) is 1.78. The van der Waals surface area contributed by atoms with Crippen LogP contribution in [-0.2, 0) is 10.1 Å². The zero-order chi connectivity index (χ0) is 12.5. The molecule has 4 heteroatoms. The maximum atomic E-state index is 11.0. The van der Waals surface area contributed by atoms with Gasteiger partial charge in [0, 0.05) is 0 Å². The molecule has 0 spiro atoms. The van der Waals surface area contributed by atoms with Crippen molar-refractivity contribution in [3.8, 4) is 0 Å². The van der Waals surface area contributed by atoms with Gasteiger partial charge in [-0.05, 0) is 35.1 Å². The zero-order valence-corrected chi connectivity index (χ0v) is 10.8. The molecule has 0 radical (unpaired) electrons. The molecule has 0 aromatic heterocycles. The Morgan fingerprint density at radius 3 is 1.56 bits per heavy atom. The lowest BCUT2D eigenvalue weighted by atomic mass is 9.96. The largest absolute Gasteiger partial charge is 0.744 e. The minimum Gasteiger partial charge on any atom is -0.744 e. The van der Waals surface area contributed by atoms with E-state index in [1.165, 1.54) is 12.1 Å². The molecule has 0 bridgehead atoms. The molecule has 0 N–H and O–H groups in total. The van der Waals surface area contributed by atoms with Gasteiger partial charge in [0.25, 0.3) is 0 Å². The standard InChI is InChI=1S/C12H18O3S/c1-8(2)10-5-11(9(3)4)7-12(6-10)16(13,14)15/h5-9H,1-4H3,(H,13,14,15)/p-1. The summed E-state index contributed by atoms with van der Waals surface area (Å²) in [5, 5.41) is 0. The lowest BCUT2D eigenvalue weighted by molar-refractivity contribution is 0.462. The van der Waals surface area contributed by atoms with Gasteiger partial charge in [0.2, 0.25) is 0 Å². The van der Waals surface area contributed by atoms with Gasteiger partial charge in [-0.15, -0.1) is 0 Å². The van der Waals surface area contributed by atoms with Crippen molar-refractivity contribution in [1.82, 2.24) is 0 Å². The van der Waals surface area contributed by atoms with Crippen molar-refractivity contribution < 1.29 is 13.0 Å². The molecule has 0 heterocycles. The molecule has 0 unspecified atom stereocenters. The third-order valence-corrected chi connectivity index (χ3v) is 3.39. The van der Waals surface area contributed by atoms with E-state index in [0.29, 0.717) is 0 Å². The summed E-state index contributed by atoms with van der Waals surface area (Å²) < 4.78 is 33.1. The van der Waals surface area contributed by atoms with E-state index in [2.05, 4.69) is 0 Å². The quantitative estimate of drug-likeness (QED) is 0.764. The van der Waals surface area contributed by atoms with Gasteiger partial charge in [-0.3, -0.25) is 0 Å². The van der Waals surface area contributed by atoms with Gasteiger partial charge in [-0.25, -0.2) is 8.42 Å². The van der Waals surface area contributed by atoms with Crippen LogP contribution < -0.4 is 0 Å². The Bertz CT molecular complexity index is 447. The van der Waals surface area contributed by atoms with Crippen molar-refractivity contribution in [3.63, 3.8) is 0 Å². The third-order valence-electron chi connectivity index (χ3n) is 2.57. The van der Waals surface area contributed by atoms with E-state index in [1.807, 2.05) is 33.8 Å². The monoisotopic (exact) mass is 241 g/mol. The highest BCUT2D eigenvalue weighted by Crippen LogP contribution is 2.25. The number of hydrogen-bond acceptors (Lipinski definition) is 3. The summed E-state index contributed by atoms with van der Waals surface area (Å²) in [4.78, 5) is -0.123. The Morgan fingerprint density at radius 1 is 0.938 bits per heavy atom. The van der Waals surface area contributed by atoms with Crippen LogP contribution in [0, 0.1) is 0 Å². The molecule has 1 rings (SSSR count). The smallest absolute Gasteiger partial charge is 0.124 e. The van der Waals surface area contributed by atoms with Crippen molar-refractivity contribution in [2.75, 3.05) is 0 Å². The van der Waals surface area contributed by atoms with Crippen LogP contribution in [0.15, 0.2) is 23.1 Å². The minimum atomic E-state index is -4.36. The van der Waals surface area contributed by atoms with Crippen LogP contribution in [-0.4, -0.2) is 13.0 Å². The van der Waals surface area contributed by atoms with Crippen LogP contribution in [0.5, 0.6) is 0 Å². The Kier molecular flexibility index (Phi) is 3.76. The van der Waals surface area contributed by atoms with Crippen LogP contribution >= 0.6 is 0 Å². The molecule has 1 aromatic rings. The predicted molar refractivity (Wildman–Crippen MR) is 62.6 cm³/mol. The first kappa shape index (κ1) is 13.2. The highest BCUT2D eigenvalue weighted by Gasteiger charge is 2.10. The SMILES string of the molecule is CC(C)c1cc(C(C)C)cc(S(=O)(=O)[O-])c1. The predicted octanol–water partition coefficient (Wildman–Crippen LogP) is 2.84. The molecule has 1 aromatic carbocycles. The summed E-state index contributed by atoms with van der Waals surface area (Å²) >= 11 is 0. The second-order valence-electron chi connectivity index (χ2n) is 4.60. The van der Waals surface area contributed by atoms with Gasteiger partial charge in [-0.1, -0.05) is 33.8 Å². The van der Waals surface area contributed by atoms with Gasteiger partial charge in [0.15, 0.2) is 0 Å². The van der Waals surface area contributed by atoms with E-state index < -0.39 is 10.1 Å². The molecule has 0 amide bonds. The molecule has 90 valence electrons. The van der Waals surface area contributed by atoms with Crippen molar-refractivity contribution in [2.45, 2.75) is 44.4 Å². The van der Waals surface area contributed by atoms with Gasteiger partial charge >= 0.3 is 0 Å². The minimum absolute atomic E-state index is 0.123. The molecule has 16 heavy (non-hydrogen) atoms. The number of hydrogen-bond donors (Lipinski definition) is 0. The lowest BCUT2D eigenvalue weighted by Gasteiger charge is -2.15. The van der Waals surface area contributed by atoms with E-state index in [-0.39, 0.29) is 16.7 Å². The molecule has 0 saturated heterocycles. The Labute approximate surface area is 97.2 Å². The second kappa shape index (κ2) is 4.55. The topological polar surface area (TPSA) is 57.2 Å². The highest BCUT2D eigenvalue weighted by atomic mass is 32.2. The molecule has 0 fully saturated rings. The van der Waals surface area contributed by atoms with Gasteiger partial charge in [0.05, 0.1) is 4.90 Å².